The van der Waals surface area contributed by atoms with Crippen molar-refractivity contribution in [2.45, 2.75) is 399 Å². The van der Waals surface area contributed by atoms with E-state index < -0.39 is 6.10 Å². The van der Waals surface area contributed by atoms with Gasteiger partial charge >= 0.3 is 17.9 Å². The summed E-state index contributed by atoms with van der Waals surface area (Å²) in [5.74, 6) is -0.900. The van der Waals surface area contributed by atoms with Crippen LogP contribution in [0.4, 0.5) is 0 Å². The van der Waals surface area contributed by atoms with Gasteiger partial charge in [-0.15, -0.1) is 0 Å². The Kier molecular flexibility index (Phi) is 69.1. The molecule has 0 aliphatic heterocycles. The van der Waals surface area contributed by atoms with Crippen LogP contribution < -0.4 is 0 Å². The molecule has 0 aromatic rings. The highest BCUT2D eigenvalue weighted by atomic mass is 16.6. The van der Waals surface area contributed by atoms with Crippen LogP contribution in [0.3, 0.4) is 0 Å². The fourth-order valence-electron chi connectivity index (χ4n) is 11.0. The van der Waals surface area contributed by atoms with Gasteiger partial charge in [0, 0.05) is 19.3 Å². The van der Waals surface area contributed by atoms with E-state index in [4.69, 9.17) is 14.2 Å². The predicted molar refractivity (Wildman–Crippen MR) is 362 cm³/mol. The van der Waals surface area contributed by atoms with E-state index in [-0.39, 0.29) is 31.1 Å². The van der Waals surface area contributed by atoms with E-state index in [2.05, 4.69) is 81.5 Å². The Balaban J connectivity index is 4.27. The zero-order valence-corrected chi connectivity index (χ0v) is 55.7. The third-order valence-corrected chi connectivity index (χ3v) is 16.5. The van der Waals surface area contributed by atoms with E-state index >= 15 is 0 Å². The highest BCUT2D eigenvalue weighted by Gasteiger charge is 2.19. The van der Waals surface area contributed by atoms with Crippen molar-refractivity contribution in [3.05, 3.63) is 60.8 Å². The molecule has 6 nitrogen and oxygen atoms in total. The van der Waals surface area contributed by atoms with Crippen molar-refractivity contribution >= 4 is 17.9 Å². The molecule has 0 heterocycles. The van der Waals surface area contributed by atoms with Gasteiger partial charge in [-0.1, -0.05) is 351 Å². The number of carbonyl (C=O) groups excluding carboxylic acids is 3. The van der Waals surface area contributed by atoms with E-state index in [1.807, 2.05) is 0 Å². The molecule has 0 amide bonds. The third kappa shape index (κ3) is 69.8. The van der Waals surface area contributed by atoms with Crippen molar-refractivity contribution in [2.24, 2.45) is 0 Å². The minimum Gasteiger partial charge on any atom is -0.462 e. The molecule has 0 aromatic heterocycles. The van der Waals surface area contributed by atoms with Crippen LogP contribution in [0.25, 0.3) is 0 Å². The first-order valence-electron chi connectivity index (χ1n) is 36.8. The van der Waals surface area contributed by atoms with Gasteiger partial charge in [0.15, 0.2) is 6.10 Å². The van der Waals surface area contributed by atoms with Gasteiger partial charge in [0.1, 0.15) is 13.2 Å². The lowest BCUT2D eigenvalue weighted by molar-refractivity contribution is -0.167. The summed E-state index contributed by atoms with van der Waals surface area (Å²) >= 11 is 0. The summed E-state index contributed by atoms with van der Waals surface area (Å²) in [7, 11) is 0. The average molecular weight is 1160 g/mol. The summed E-state index contributed by atoms with van der Waals surface area (Å²) < 4.78 is 17.0. The number of esters is 3. The molecule has 83 heavy (non-hydrogen) atoms. The second kappa shape index (κ2) is 71.6. The van der Waals surface area contributed by atoms with Crippen LogP contribution in [0.2, 0.25) is 0 Å². The molecule has 0 rings (SSSR count). The number of ether oxygens (including phenoxy) is 3. The van der Waals surface area contributed by atoms with Gasteiger partial charge in [0.25, 0.3) is 0 Å². The molecule has 1 atom stereocenters. The Labute approximate surface area is 517 Å². The number of allylic oxidation sites excluding steroid dienone is 10. The molecule has 0 bridgehead atoms. The summed E-state index contributed by atoms with van der Waals surface area (Å²) in [5.41, 5.74) is 0. The molecule has 0 aliphatic rings. The van der Waals surface area contributed by atoms with Crippen LogP contribution in [0.1, 0.15) is 393 Å². The highest BCUT2D eigenvalue weighted by molar-refractivity contribution is 5.71. The van der Waals surface area contributed by atoms with Gasteiger partial charge in [0.2, 0.25) is 0 Å². The zero-order chi connectivity index (χ0) is 59.9. The minimum absolute atomic E-state index is 0.0829. The lowest BCUT2D eigenvalue weighted by Gasteiger charge is -2.18. The minimum atomic E-state index is -0.791. The van der Waals surface area contributed by atoms with Crippen molar-refractivity contribution in [3.8, 4) is 0 Å². The van der Waals surface area contributed by atoms with Gasteiger partial charge < -0.3 is 14.2 Å². The van der Waals surface area contributed by atoms with Crippen molar-refractivity contribution < 1.29 is 28.6 Å². The fraction of sp³-hybridized carbons (Fsp3) is 0.831. The summed E-state index contributed by atoms with van der Waals surface area (Å²) in [4.78, 5) is 38.5. The van der Waals surface area contributed by atoms with Crippen molar-refractivity contribution in [2.75, 3.05) is 13.2 Å². The summed E-state index contributed by atoms with van der Waals surface area (Å²) in [6.07, 6.45) is 92.7. The van der Waals surface area contributed by atoms with Gasteiger partial charge in [-0.25, -0.2) is 0 Å². The summed E-state index contributed by atoms with van der Waals surface area (Å²) in [6.45, 7) is 6.56. The second-order valence-corrected chi connectivity index (χ2v) is 24.8. The molecule has 484 valence electrons. The standard InChI is InChI=1S/C77H140O6/c1-4-7-10-13-16-19-22-25-28-30-32-34-36-37-38-39-41-42-44-46-49-52-55-58-61-64-67-70-76(79)82-73-74(72-81-75(78)69-66-63-60-57-54-51-48-27-24-21-18-15-12-9-6-3)83-77(80)71-68-65-62-59-56-53-50-47-45-43-40-35-33-31-29-26-23-20-17-14-11-8-5-2/h9,12,18,21,27,30,32,48,54,57,74H,4-8,10-11,13-17,19-20,22-26,28-29,31,33-47,49-53,55-56,58-73H2,1-3H3/b12-9-,21-18-,32-30-,48-27-,57-54-. The maximum Gasteiger partial charge on any atom is 0.306 e. The van der Waals surface area contributed by atoms with E-state index in [9.17, 15) is 14.4 Å². The summed E-state index contributed by atoms with van der Waals surface area (Å²) in [5, 5.41) is 0. The first-order valence-corrected chi connectivity index (χ1v) is 36.8. The molecular weight excluding hydrogens is 1020 g/mol. The number of carbonyl (C=O) groups is 3. The Morgan fingerprint density at radius 1 is 0.253 bits per heavy atom. The topological polar surface area (TPSA) is 78.9 Å². The van der Waals surface area contributed by atoms with Crippen LogP contribution in [-0.4, -0.2) is 37.2 Å². The number of hydrogen-bond donors (Lipinski definition) is 0. The Bertz CT molecular complexity index is 1470. The maximum absolute atomic E-state index is 13.0. The number of unbranched alkanes of at least 4 members (excludes halogenated alkanes) is 47. The van der Waals surface area contributed by atoms with Crippen LogP contribution in [0, 0.1) is 0 Å². The van der Waals surface area contributed by atoms with E-state index in [0.717, 1.165) is 83.5 Å². The van der Waals surface area contributed by atoms with E-state index in [0.29, 0.717) is 19.3 Å². The molecule has 0 fully saturated rings. The lowest BCUT2D eigenvalue weighted by Crippen LogP contribution is -2.30. The average Bonchev–Trinajstić information content (AvgIpc) is 3.49. The highest BCUT2D eigenvalue weighted by Crippen LogP contribution is 2.19. The molecule has 0 saturated carbocycles. The molecule has 0 saturated heterocycles. The lowest BCUT2D eigenvalue weighted by atomic mass is 10.0. The maximum atomic E-state index is 13.0. The zero-order valence-electron chi connectivity index (χ0n) is 55.7. The molecule has 6 heteroatoms. The van der Waals surface area contributed by atoms with Gasteiger partial charge in [-0.3, -0.25) is 14.4 Å². The first-order chi connectivity index (χ1) is 41.0. The Hall–Kier alpha value is -2.89. The van der Waals surface area contributed by atoms with Crippen molar-refractivity contribution in [3.63, 3.8) is 0 Å². The van der Waals surface area contributed by atoms with E-state index in [1.54, 1.807) is 0 Å². The van der Waals surface area contributed by atoms with Gasteiger partial charge in [-0.2, -0.15) is 0 Å². The molecule has 1 unspecified atom stereocenters. The smallest absolute Gasteiger partial charge is 0.306 e. The molecular formula is C77H140O6. The quantitative estimate of drug-likeness (QED) is 0.0261. The van der Waals surface area contributed by atoms with Gasteiger partial charge in [0.05, 0.1) is 0 Å². The van der Waals surface area contributed by atoms with Gasteiger partial charge in [-0.05, 0) is 83.5 Å². The first kappa shape index (κ1) is 80.1. The Morgan fingerprint density at radius 2 is 0.470 bits per heavy atom. The SMILES string of the molecule is CC/C=C\C/C=C\C/C=C\C/C=C\CCCCC(=O)OCC(COC(=O)CCCCCCCCCCCCCCCCC/C=C\CCCCCCCCCC)OC(=O)CCCCCCCCCCCCCCCCCCCCCCCCC. The van der Waals surface area contributed by atoms with Crippen LogP contribution in [0.5, 0.6) is 0 Å². The van der Waals surface area contributed by atoms with E-state index in [1.165, 1.54) is 270 Å². The predicted octanol–water partition coefficient (Wildman–Crippen LogP) is 25.5. The van der Waals surface area contributed by atoms with Crippen LogP contribution >= 0.6 is 0 Å². The number of rotatable bonds is 68. The van der Waals surface area contributed by atoms with Crippen molar-refractivity contribution in [1.29, 1.82) is 0 Å². The van der Waals surface area contributed by atoms with Crippen LogP contribution in [0.15, 0.2) is 60.8 Å². The van der Waals surface area contributed by atoms with Crippen LogP contribution in [-0.2, 0) is 28.6 Å². The molecule has 0 radical (unpaired) electrons. The summed E-state index contributed by atoms with van der Waals surface area (Å²) in [6, 6.07) is 0. The third-order valence-electron chi connectivity index (χ3n) is 16.5. The molecule has 0 aliphatic carbocycles. The normalized spacial score (nSPS) is 12.4. The second-order valence-electron chi connectivity index (χ2n) is 24.8. The molecule has 0 spiro atoms. The Morgan fingerprint density at radius 3 is 0.771 bits per heavy atom. The monoisotopic (exact) mass is 1160 g/mol. The fourth-order valence-corrected chi connectivity index (χ4v) is 11.0. The van der Waals surface area contributed by atoms with Crippen molar-refractivity contribution in [1.82, 2.24) is 0 Å². The molecule has 0 aromatic carbocycles. The molecule has 0 N–H and O–H groups in total. The largest absolute Gasteiger partial charge is 0.462 e. The number of hydrogen-bond acceptors (Lipinski definition) is 6.